The van der Waals surface area contributed by atoms with Crippen LogP contribution >= 0.6 is 34.2 Å². The molecule has 15 heavy (non-hydrogen) atoms. The molecule has 1 aliphatic carbocycles. The average molecular weight is 334 g/mol. The van der Waals surface area contributed by atoms with Gasteiger partial charge < -0.3 is 5.32 Å². The van der Waals surface area contributed by atoms with Crippen LogP contribution in [-0.4, -0.2) is 6.04 Å². The van der Waals surface area contributed by atoms with Crippen molar-refractivity contribution in [2.45, 2.75) is 25.3 Å². The molecule has 0 radical (unpaired) electrons. The smallest absolute Gasteiger partial charge is 0.0648 e. The zero-order chi connectivity index (χ0) is 10.7. The van der Waals surface area contributed by atoms with Crippen LogP contribution in [0.25, 0.3) is 0 Å². The highest BCUT2D eigenvalue weighted by Crippen LogP contribution is 2.26. The summed E-state index contributed by atoms with van der Waals surface area (Å²) in [6, 6.07) is 6.54. The summed E-state index contributed by atoms with van der Waals surface area (Å²) in [6.45, 7) is 0. The van der Waals surface area contributed by atoms with E-state index in [-0.39, 0.29) is 0 Å². The second kappa shape index (κ2) is 5.21. The summed E-state index contributed by atoms with van der Waals surface area (Å²) in [4.78, 5) is 0. The molecule has 0 spiro atoms. The van der Waals surface area contributed by atoms with E-state index in [0.29, 0.717) is 6.04 Å². The van der Waals surface area contributed by atoms with Crippen molar-refractivity contribution >= 4 is 39.9 Å². The maximum atomic E-state index is 6.16. The van der Waals surface area contributed by atoms with Crippen molar-refractivity contribution in [1.29, 1.82) is 0 Å². The first-order valence-corrected chi connectivity index (χ1v) is 6.59. The minimum absolute atomic E-state index is 0.441. The van der Waals surface area contributed by atoms with Crippen molar-refractivity contribution in [1.82, 2.24) is 0 Å². The molecule has 1 unspecified atom stereocenters. The van der Waals surface area contributed by atoms with Gasteiger partial charge in [0.1, 0.15) is 0 Å². The fraction of sp³-hybridized carbons (Fsp3) is 0.333. The number of hydrogen-bond donors (Lipinski definition) is 1. The Morgan fingerprint density at radius 1 is 1.40 bits per heavy atom. The zero-order valence-electron chi connectivity index (χ0n) is 8.34. The highest BCUT2D eigenvalue weighted by atomic mass is 127. The standard InChI is InChI=1S/C12H13ClIN/c13-11-8-9(14)6-7-12(11)15-10-4-2-1-3-5-10/h2,4,6-8,10,15H,1,3,5H2. The Morgan fingerprint density at radius 2 is 2.27 bits per heavy atom. The SMILES string of the molecule is Clc1cc(I)ccc1NC1C=CCCC1. The van der Waals surface area contributed by atoms with Crippen molar-refractivity contribution < 1.29 is 0 Å². The van der Waals surface area contributed by atoms with E-state index < -0.39 is 0 Å². The first-order valence-electron chi connectivity index (χ1n) is 5.14. The molecular weight excluding hydrogens is 320 g/mol. The van der Waals surface area contributed by atoms with Gasteiger partial charge in [-0.3, -0.25) is 0 Å². The molecule has 0 heterocycles. The van der Waals surface area contributed by atoms with Crippen molar-refractivity contribution in [3.63, 3.8) is 0 Å². The van der Waals surface area contributed by atoms with E-state index in [1.165, 1.54) is 22.8 Å². The van der Waals surface area contributed by atoms with Gasteiger partial charge in [-0.15, -0.1) is 0 Å². The minimum atomic E-state index is 0.441. The van der Waals surface area contributed by atoms with Gasteiger partial charge in [0.15, 0.2) is 0 Å². The third-order valence-corrected chi connectivity index (χ3v) is 3.51. The number of allylic oxidation sites excluding steroid dienone is 1. The molecule has 0 amide bonds. The van der Waals surface area contributed by atoms with Crippen LogP contribution in [0.3, 0.4) is 0 Å². The molecule has 1 nitrogen and oxygen atoms in total. The predicted octanol–water partition coefficient (Wildman–Crippen LogP) is 4.47. The monoisotopic (exact) mass is 333 g/mol. The van der Waals surface area contributed by atoms with Gasteiger partial charge in [0, 0.05) is 9.61 Å². The van der Waals surface area contributed by atoms with Crippen molar-refractivity contribution in [2.24, 2.45) is 0 Å². The van der Waals surface area contributed by atoms with E-state index in [1.807, 2.05) is 12.1 Å². The Hall–Kier alpha value is -0.220. The Labute approximate surface area is 109 Å². The molecule has 0 saturated heterocycles. The van der Waals surface area contributed by atoms with E-state index >= 15 is 0 Å². The van der Waals surface area contributed by atoms with Crippen LogP contribution in [0.1, 0.15) is 19.3 Å². The lowest BCUT2D eigenvalue weighted by Crippen LogP contribution is -2.18. The van der Waals surface area contributed by atoms with Gasteiger partial charge in [0.2, 0.25) is 0 Å². The van der Waals surface area contributed by atoms with Gasteiger partial charge in [0.25, 0.3) is 0 Å². The molecule has 1 aliphatic rings. The lowest BCUT2D eigenvalue weighted by Gasteiger charge is -2.20. The highest BCUT2D eigenvalue weighted by Gasteiger charge is 2.09. The lowest BCUT2D eigenvalue weighted by molar-refractivity contribution is 0.674. The molecule has 0 aromatic heterocycles. The van der Waals surface area contributed by atoms with E-state index in [2.05, 4.69) is 46.1 Å². The van der Waals surface area contributed by atoms with Crippen LogP contribution < -0.4 is 5.32 Å². The first-order chi connectivity index (χ1) is 7.25. The molecule has 0 saturated carbocycles. The Balaban J connectivity index is 2.09. The van der Waals surface area contributed by atoms with Crippen LogP contribution in [0.15, 0.2) is 30.4 Å². The summed E-state index contributed by atoms with van der Waals surface area (Å²) < 4.78 is 1.17. The molecular formula is C12H13ClIN. The third kappa shape index (κ3) is 3.11. The second-order valence-corrected chi connectivity index (χ2v) is 5.39. The van der Waals surface area contributed by atoms with Gasteiger partial charge in [-0.25, -0.2) is 0 Å². The molecule has 2 rings (SSSR count). The molecule has 1 atom stereocenters. The fourth-order valence-electron chi connectivity index (χ4n) is 1.74. The normalized spacial score (nSPS) is 20.3. The predicted molar refractivity (Wildman–Crippen MR) is 74.6 cm³/mol. The topological polar surface area (TPSA) is 12.0 Å². The maximum Gasteiger partial charge on any atom is 0.0648 e. The molecule has 3 heteroatoms. The second-order valence-electron chi connectivity index (χ2n) is 3.73. The Kier molecular flexibility index (Phi) is 3.92. The van der Waals surface area contributed by atoms with Crippen molar-refractivity contribution in [2.75, 3.05) is 5.32 Å². The van der Waals surface area contributed by atoms with Gasteiger partial charge in [-0.1, -0.05) is 23.8 Å². The minimum Gasteiger partial charge on any atom is -0.378 e. The van der Waals surface area contributed by atoms with Crippen LogP contribution in [0.2, 0.25) is 5.02 Å². The maximum absolute atomic E-state index is 6.16. The molecule has 0 fully saturated rings. The Morgan fingerprint density at radius 3 is 2.93 bits per heavy atom. The summed E-state index contributed by atoms with van der Waals surface area (Å²) in [5.41, 5.74) is 1.04. The van der Waals surface area contributed by atoms with Gasteiger partial charge >= 0.3 is 0 Å². The van der Waals surface area contributed by atoms with Crippen LogP contribution in [0.4, 0.5) is 5.69 Å². The fourth-order valence-corrected chi connectivity index (χ4v) is 2.65. The number of anilines is 1. The van der Waals surface area contributed by atoms with Crippen LogP contribution in [0.5, 0.6) is 0 Å². The number of benzene rings is 1. The van der Waals surface area contributed by atoms with E-state index in [4.69, 9.17) is 11.6 Å². The van der Waals surface area contributed by atoms with E-state index in [1.54, 1.807) is 0 Å². The van der Waals surface area contributed by atoms with E-state index in [9.17, 15) is 0 Å². The summed E-state index contributed by atoms with van der Waals surface area (Å²) in [5, 5.41) is 4.26. The lowest BCUT2D eigenvalue weighted by atomic mass is 10.0. The summed E-state index contributed by atoms with van der Waals surface area (Å²) >= 11 is 8.42. The van der Waals surface area contributed by atoms with E-state index in [0.717, 1.165) is 10.7 Å². The molecule has 1 N–H and O–H groups in total. The number of nitrogens with one attached hydrogen (secondary N) is 1. The summed E-state index contributed by atoms with van der Waals surface area (Å²) in [6.07, 6.45) is 8.13. The zero-order valence-corrected chi connectivity index (χ0v) is 11.3. The molecule has 80 valence electrons. The van der Waals surface area contributed by atoms with Crippen LogP contribution in [-0.2, 0) is 0 Å². The van der Waals surface area contributed by atoms with Crippen LogP contribution in [0, 0.1) is 3.57 Å². The quantitative estimate of drug-likeness (QED) is 0.622. The van der Waals surface area contributed by atoms with Gasteiger partial charge in [0.05, 0.1) is 10.7 Å². The molecule has 1 aromatic carbocycles. The molecule has 0 bridgehead atoms. The summed E-state index contributed by atoms with van der Waals surface area (Å²) in [5.74, 6) is 0. The van der Waals surface area contributed by atoms with Crippen molar-refractivity contribution in [3.8, 4) is 0 Å². The Bertz CT molecular complexity index is 376. The average Bonchev–Trinajstić information content (AvgIpc) is 2.24. The highest BCUT2D eigenvalue weighted by molar-refractivity contribution is 14.1. The summed E-state index contributed by atoms with van der Waals surface area (Å²) in [7, 11) is 0. The largest absolute Gasteiger partial charge is 0.378 e. The van der Waals surface area contributed by atoms with Crippen molar-refractivity contribution in [3.05, 3.63) is 38.9 Å². The number of hydrogen-bond acceptors (Lipinski definition) is 1. The van der Waals surface area contributed by atoms with Gasteiger partial charge in [-0.2, -0.15) is 0 Å². The molecule has 0 aliphatic heterocycles. The number of halogens is 2. The van der Waals surface area contributed by atoms with Gasteiger partial charge in [-0.05, 0) is 60.1 Å². The number of rotatable bonds is 2. The molecule has 1 aromatic rings. The third-order valence-electron chi connectivity index (χ3n) is 2.53. The first kappa shape index (κ1) is 11.3.